The number of aliphatic hydroxyl groups excluding tert-OH is 1. The van der Waals surface area contributed by atoms with Crippen molar-refractivity contribution in [2.24, 2.45) is 0 Å². The number of nitrogens with one attached hydrogen (secondary N) is 2. The second kappa shape index (κ2) is 5.82. The molecule has 0 spiro atoms. The maximum absolute atomic E-state index is 9.10. The summed E-state index contributed by atoms with van der Waals surface area (Å²) in [6.07, 6.45) is 3.41. The minimum atomic E-state index is -0.140. The minimum absolute atomic E-state index is 0.140. The van der Waals surface area contributed by atoms with Gasteiger partial charge in [0.25, 0.3) is 0 Å². The van der Waals surface area contributed by atoms with Gasteiger partial charge in [-0.05, 0) is 26.7 Å². The first kappa shape index (κ1) is 13.7. The van der Waals surface area contributed by atoms with Crippen LogP contribution in [0.3, 0.4) is 0 Å². The van der Waals surface area contributed by atoms with Crippen molar-refractivity contribution in [2.75, 3.05) is 24.3 Å². The molecule has 1 aromatic rings. The highest BCUT2D eigenvalue weighted by atomic mass is 16.3. The van der Waals surface area contributed by atoms with Gasteiger partial charge in [-0.3, -0.25) is 0 Å². The van der Waals surface area contributed by atoms with Crippen LogP contribution in [0.1, 0.15) is 32.3 Å². The maximum atomic E-state index is 9.10. The van der Waals surface area contributed by atoms with E-state index in [9.17, 15) is 0 Å². The van der Waals surface area contributed by atoms with Gasteiger partial charge in [0.1, 0.15) is 5.82 Å². The average molecular weight is 238 g/mol. The zero-order valence-corrected chi connectivity index (χ0v) is 11.0. The summed E-state index contributed by atoms with van der Waals surface area (Å²) >= 11 is 0. The Kier molecular flexibility index (Phi) is 4.69. The lowest BCUT2D eigenvalue weighted by atomic mass is 9.95. The quantitative estimate of drug-likeness (QED) is 0.705. The molecular formula is C12H22N4O. The standard InChI is InChI=1S/C12H22N4O/c1-5-12(3,6-7-17)16-10-9(2)8-14-11(13-4)15-10/h8,17H,5-7H2,1-4H3,(H2,13,14,15,16). The summed E-state index contributed by atoms with van der Waals surface area (Å²) in [6, 6.07) is 0. The van der Waals surface area contributed by atoms with Crippen molar-refractivity contribution in [3.8, 4) is 0 Å². The van der Waals surface area contributed by atoms with E-state index in [1.807, 2.05) is 6.92 Å². The Morgan fingerprint density at radius 1 is 1.47 bits per heavy atom. The zero-order chi connectivity index (χ0) is 12.9. The highest BCUT2D eigenvalue weighted by Crippen LogP contribution is 2.23. The molecular weight excluding hydrogens is 216 g/mol. The van der Waals surface area contributed by atoms with Crippen LogP contribution >= 0.6 is 0 Å². The predicted molar refractivity (Wildman–Crippen MR) is 70.3 cm³/mol. The number of hydrogen-bond acceptors (Lipinski definition) is 5. The molecule has 1 heterocycles. The second-order valence-corrected chi connectivity index (χ2v) is 4.49. The monoisotopic (exact) mass is 238 g/mol. The molecule has 0 fully saturated rings. The van der Waals surface area contributed by atoms with Crippen molar-refractivity contribution in [3.63, 3.8) is 0 Å². The lowest BCUT2D eigenvalue weighted by Crippen LogP contribution is -2.35. The molecule has 3 N–H and O–H groups in total. The molecule has 0 aliphatic heterocycles. The number of aliphatic hydroxyl groups is 1. The van der Waals surface area contributed by atoms with Crippen molar-refractivity contribution < 1.29 is 5.11 Å². The van der Waals surface area contributed by atoms with Gasteiger partial charge >= 0.3 is 0 Å². The summed E-state index contributed by atoms with van der Waals surface area (Å²) in [7, 11) is 1.79. The van der Waals surface area contributed by atoms with Crippen LogP contribution in [0.4, 0.5) is 11.8 Å². The van der Waals surface area contributed by atoms with E-state index in [2.05, 4.69) is 34.4 Å². The molecule has 5 heteroatoms. The van der Waals surface area contributed by atoms with Crippen LogP contribution in [0.15, 0.2) is 6.20 Å². The molecule has 0 amide bonds. The number of rotatable bonds is 6. The molecule has 1 aromatic heterocycles. The fraction of sp³-hybridized carbons (Fsp3) is 0.667. The van der Waals surface area contributed by atoms with Gasteiger partial charge in [-0.1, -0.05) is 6.92 Å². The Morgan fingerprint density at radius 2 is 2.18 bits per heavy atom. The smallest absolute Gasteiger partial charge is 0.224 e. The van der Waals surface area contributed by atoms with Gasteiger partial charge < -0.3 is 15.7 Å². The Hall–Kier alpha value is -1.36. The van der Waals surface area contributed by atoms with Crippen LogP contribution in [0.5, 0.6) is 0 Å². The Bertz CT molecular complexity index is 370. The van der Waals surface area contributed by atoms with E-state index in [0.717, 1.165) is 17.8 Å². The normalized spacial score (nSPS) is 14.2. The SMILES string of the molecule is CCC(C)(CCO)Nc1nc(NC)ncc1C. The average Bonchev–Trinajstić information content (AvgIpc) is 2.32. The fourth-order valence-electron chi connectivity index (χ4n) is 1.55. The highest BCUT2D eigenvalue weighted by Gasteiger charge is 2.22. The molecule has 5 nitrogen and oxygen atoms in total. The maximum Gasteiger partial charge on any atom is 0.224 e. The Labute approximate surface area is 103 Å². The molecule has 0 aromatic carbocycles. The van der Waals surface area contributed by atoms with Crippen LogP contribution in [0.25, 0.3) is 0 Å². The van der Waals surface area contributed by atoms with E-state index >= 15 is 0 Å². The van der Waals surface area contributed by atoms with Crippen molar-refractivity contribution in [1.82, 2.24) is 9.97 Å². The molecule has 0 aliphatic rings. The van der Waals surface area contributed by atoms with Crippen molar-refractivity contribution in [3.05, 3.63) is 11.8 Å². The van der Waals surface area contributed by atoms with Crippen LogP contribution in [-0.2, 0) is 0 Å². The van der Waals surface area contributed by atoms with Crippen molar-refractivity contribution >= 4 is 11.8 Å². The largest absolute Gasteiger partial charge is 0.396 e. The molecule has 1 atom stereocenters. The third-order valence-corrected chi connectivity index (χ3v) is 3.06. The van der Waals surface area contributed by atoms with Crippen LogP contribution in [-0.4, -0.2) is 34.3 Å². The number of aryl methyl sites for hydroxylation is 1. The minimum Gasteiger partial charge on any atom is -0.396 e. The first-order chi connectivity index (χ1) is 8.04. The zero-order valence-electron chi connectivity index (χ0n) is 11.0. The molecule has 96 valence electrons. The van der Waals surface area contributed by atoms with Crippen LogP contribution < -0.4 is 10.6 Å². The van der Waals surface area contributed by atoms with Gasteiger partial charge in [-0.2, -0.15) is 4.98 Å². The van der Waals surface area contributed by atoms with E-state index in [4.69, 9.17) is 5.11 Å². The van der Waals surface area contributed by atoms with Gasteiger partial charge in [0.05, 0.1) is 0 Å². The van der Waals surface area contributed by atoms with Crippen molar-refractivity contribution in [2.45, 2.75) is 39.2 Å². The number of aromatic nitrogens is 2. The number of nitrogens with zero attached hydrogens (tertiary/aromatic N) is 2. The van der Waals surface area contributed by atoms with Gasteiger partial charge in [-0.25, -0.2) is 4.98 Å². The third kappa shape index (κ3) is 3.56. The molecule has 1 rings (SSSR count). The van der Waals surface area contributed by atoms with E-state index < -0.39 is 0 Å². The lowest BCUT2D eigenvalue weighted by Gasteiger charge is -2.30. The topological polar surface area (TPSA) is 70.1 Å². The second-order valence-electron chi connectivity index (χ2n) is 4.49. The third-order valence-electron chi connectivity index (χ3n) is 3.06. The summed E-state index contributed by atoms with van der Waals surface area (Å²) in [5, 5.41) is 15.4. The van der Waals surface area contributed by atoms with Gasteiger partial charge in [0, 0.05) is 31.0 Å². The predicted octanol–water partition coefficient (Wildman–Crippen LogP) is 1.79. The Morgan fingerprint density at radius 3 is 2.71 bits per heavy atom. The highest BCUT2D eigenvalue weighted by molar-refractivity contribution is 5.48. The molecule has 0 radical (unpaired) electrons. The van der Waals surface area contributed by atoms with Gasteiger partial charge in [0.2, 0.25) is 5.95 Å². The molecule has 1 unspecified atom stereocenters. The van der Waals surface area contributed by atoms with E-state index in [1.165, 1.54) is 0 Å². The summed E-state index contributed by atoms with van der Waals surface area (Å²) in [5.41, 5.74) is 0.861. The molecule has 0 aliphatic carbocycles. The Balaban J connectivity index is 2.92. The van der Waals surface area contributed by atoms with Crippen LogP contribution in [0.2, 0.25) is 0 Å². The summed E-state index contributed by atoms with van der Waals surface area (Å²) < 4.78 is 0. The number of hydrogen-bond donors (Lipinski definition) is 3. The van der Waals surface area contributed by atoms with E-state index in [1.54, 1.807) is 13.2 Å². The van der Waals surface area contributed by atoms with E-state index in [0.29, 0.717) is 12.4 Å². The lowest BCUT2D eigenvalue weighted by molar-refractivity contribution is 0.251. The van der Waals surface area contributed by atoms with Crippen LogP contribution in [0, 0.1) is 6.92 Å². The van der Waals surface area contributed by atoms with Gasteiger partial charge in [0.15, 0.2) is 0 Å². The summed E-state index contributed by atoms with van der Waals surface area (Å²) in [6.45, 7) is 6.32. The molecule has 0 bridgehead atoms. The molecule has 17 heavy (non-hydrogen) atoms. The first-order valence-corrected chi connectivity index (χ1v) is 5.95. The summed E-state index contributed by atoms with van der Waals surface area (Å²) in [5.74, 6) is 1.42. The fourth-order valence-corrected chi connectivity index (χ4v) is 1.55. The molecule has 0 saturated heterocycles. The number of anilines is 2. The van der Waals surface area contributed by atoms with E-state index in [-0.39, 0.29) is 12.1 Å². The first-order valence-electron chi connectivity index (χ1n) is 5.95. The van der Waals surface area contributed by atoms with Gasteiger partial charge in [-0.15, -0.1) is 0 Å². The van der Waals surface area contributed by atoms with Crippen molar-refractivity contribution in [1.29, 1.82) is 0 Å². The molecule has 0 saturated carbocycles. The summed E-state index contributed by atoms with van der Waals surface area (Å²) in [4.78, 5) is 8.54.